The van der Waals surface area contributed by atoms with Crippen LogP contribution in [0.1, 0.15) is 29.9 Å². The van der Waals surface area contributed by atoms with Gasteiger partial charge in [0.15, 0.2) is 0 Å². The maximum atomic E-state index is 11.3. The second-order valence-corrected chi connectivity index (χ2v) is 3.42. The van der Waals surface area contributed by atoms with Crippen LogP contribution in [-0.4, -0.2) is 15.7 Å². The van der Waals surface area contributed by atoms with E-state index in [9.17, 15) is 4.79 Å². The van der Waals surface area contributed by atoms with Crippen molar-refractivity contribution in [3.8, 4) is 0 Å². The van der Waals surface area contributed by atoms with Crippen molar-refractivity contribution in [1.82, 2.24) is 15.2 Å². The van der Waals surface area contributed by atoms with Crippen LogP contribution in [0.2, 0.25) is 0 Å². The Bertz CT molecular complexity index is 356. The summed E-state index contributed by atoms with van der Waals surface area (Å²) >= 11 is 0. The summed E-state index contributed by atoms with van der Waals surface area (Å²) in [5.74, 6) is 4.82. The fourth-order valence-electron chi connectivity index (χ4n) is 1.35. The van der Waals surface area contributed by atoms with Gasteiger partial charge in [-0.25, -0.2) is 5.84 Å². The Morgan fingerprint density at radius 3 is 2.43 bits per heavy atom. The summed E-state index contributed by atoms with van der Waals surface area (Å²) in [6.45, 7) is 7.61. The van der Waals surface area contributed by atoms with E-state index >= 15 is 0 Å². The summed E-state index contributed by atoms with van der Waals surface area (Å²) in [4.78, 5) is 11.3. The van der Waals surface area contributed by atoms with E-state index in [4.69, 9.17) is 5.84 Å². The topological polar surface area (TPSA) is 72.9 Å². The van der Waals surface area contributed by atoms with Crippen molar-refractivity contribution in [3.63, 3.8) is 0 Å². The van der Waals surface area contributed by atoms with E-state index in [2.05, 4.69) is 10.5 Å². The van der Waals surface area contributed by atoms with Crippen molar-refractivity contribution < 1.29 is 4.79 Å². The first-order chi connectivity index (χ1) is 6.49. The van der Waals surface area contributed by atoms with Crippen molar-refractivity contribution >= 4 is 5.91 Å². The average molecular weight is 196 g/mol. The highest BCUT2D eigenvalue weighted by Crippen LogP contribution is 2.15. The highest BCUT2D eigenvalue weighted by Gasteiger charge is 2.18. The Kier molecular flexibility index (Phi) is 2.90. The van der Waals surface area contributed by atoms with Gasteiger partial charge in [0.25, 0.3) is 5.91 Å². The van der Waals surface area contributed by atoms with Crippen molar-refractivity contribution in [2.75, 3.05) is 0 Å². The molecule has 1 heterocycles. The van der Waals surface area contributed by atoms with Crippen molar-refractivity contribution in [3.05, 3.63) is 17.0 Å². The van der Waals surface area contributed by atoms with Crippen LogP contribution in [0.5, 0.6) is 0 Å². The molecule has 0 saturated carbocycles. The second kappa shape index (κ2) is 3.79. The lowest BCUT2D eigenvalue weighted by Gasteiger charge is -2.12. The molecule has 1 atom stereocenters. The Labute approximate surface area is 83.2 Å². The molecule has 0 aromatic carbocycles. The van der Waals surface area contributed by atoms with Crippen LogP contribution < -0.4 is 11.3 Å². The number of nitrogens with zero attached hydrogens (tertiary/aromatic N) is 2. The van der Waals surface area contributed by atoms with Crippen LogP contribution in [0.4, 0.5) is 0 Å². The maximum absolute atomic E-state index is 11.3. The van der Waals surface area contributed by atoms with Crippen molar-refractivity contribution in [2.24, 2.45) is 5.84 Å². The molecule has 0 fully saturated rings. The van der Waals surface area contributed by atoms with Crippen LogP contribution in [-0.2, 0) is 4.79 Å². The molecule has 0 bridgehead atoms. The first-order valence-electron chi connectivity index (χ1n) is 4.51. The molecule has 0 unspecified atom stereocenters. The largest absolute Gasteiger partial charge is 0.292 e. The number of carbonyl (C=O) groups excluding carboxylic acids is 1. The molecule has 1 aromatic rings. The smallest absolute Gasteiger partial charge is 0.258 e. The molecule has 0 saturated heterocycles. The Morgan fingerprint density at radius 2 is 2.07 bits per heavy atom. The third kappa shape index (κ3) is 1.63. The van der Waals surface area contributed by atoms with Gasteiger partial charge in [0.2, 0.25) is 0 Å². The molecule has 1 rings (SSSR count). The number of nitrogens with two attached hydrogens (primary N) is 1. The van der Waals surface area contributed by atoms with Crippen LogP contribution in [0, 0.1) is 20.8 Å². The van der Waals surface area contributed by atoms with Crippen LogP contribution in [0.15, 0.2) is 0 Å². The summed E-state index contributed by atoms with van der Waals surface area (Å²) < 4.78 is 1.69. The number of carbonyl (C=O) groups is 1. The minimum Gasteiger partial charge on any atom is -0.292 e. The predicted molar refractivity (Wildman–Crippen MR) is 53.5 cm³/mol. The van der Waals surface area contributed by atoms with Gasteiger partial charge < -0.3 is 0 Å². The summed E-state index contributed by atoms with van der Waals surface area (Å²) in [7, 11) is 0. The molecule has 0 radical (unpaired) electrons. The lowest BCUT2D eigenvalue weighted by Crippen LogP contribution is -2.36. The van der Waals surface area contributed by atoms with Gasteiger partial charge in [-0.1, -0.05) is 0 Å². The number of amides is 1. The Balaban J connectivity index is 3.07. The minimum absolute atomic E-state index is 0.240. The van der Waals surface area contributed by atoms with E-state index in [1.807, 2.05) is 20.8 Å². The summed E-state index contributed by atoms with van der Waals surface area (Å²) in [5.41, 5.74) is 5.17. The molecule has 5 nitrogen and oxygen atoms in total. The summed E-state index contributed by atoms with van der Waals surface area (Å²) in [6.07, 6.45) is 0. The zero-order valence-corrected chi connectivity index (χ0v) is 8.96. The predicted octanol–water partition coefficient (Wildman–Crippen LogP) is 0.359. The van der Waals surface area contributed by atoms with E-state index in [-0.39, 0.29) is 11.9 Å². The van der Waals surface area contributed by atoms with Crippen molar-refractivity contribution in [1.29, 1.82) is 0 Å². The number of nitrogens with one attached hydrogen (secondary N) is 1. The number of aryl methyl sites for hydroxylation is 1. The van der Waals surface area contributed by atoms with E-state index < -0.39 is 0 Å². The van der Waals surface area contributed by atoms with Gasteiger partial charge >= 0.3 is 0 Å². The number of hydrogen-bond donors (Lipinski definition) is 2. The molecule has 0 aliphatic heterocycles. The molecular weight excluding hydrogens is 180 g/mol. The van der Waals surface area contributed by atoms with Crippen molar-refractivity contribution in [2.45, 2.75) is 33.7 Å². The number of rotatable bonds is 2. The van der Waals surface area contributed by atoms with Gasteiger partial charge in [-0.2, -0.15) is 5.10 Å². The van der Waals surface area contributed by atoms with E-state index in [1.54, 1.807) is 11.6 Å². The molecular formula is C9H16N4O. The van der Waals surface area contributed by atoms with E-state index in [1.165, 1.54) is 0 Å². The Morgan fingerprint density at radius 1 is 1.50 bits per heavy atom. The maximum Gasteiger partial charge on any atom is 0.258 e. The monoisotopic (exact) mass is 196 g/mol. The average Bonchev–Trinajstić information content (AvgIpc) is 2.43. The molecule has 1 amide bonds. The van der Waals surface area contributed by atoms with Gasteiger partial charge in [-0.3, -0.25) is 14.9 Å². The molecule has 5 heteroatoms. The second-order valence-electron chi connectivity index (χ2n) is 3.42. The molecule has 14 heavy (non-hydrogen) atoms. The highest BCUT2D eigenvalue weighted by molar-refractivity contribution is 5.79. The number of hydrogen-bond acceptors (Lipinski definition) is 3. The lowest BCUT2D eigenvalue weighted by molar-refractivity contribution is -0.124. The van der Waals surface area contributed by atoms with Gasteiger partial charge in [-0.05, 0) is 33.3 Å². The Hall–Kier alpha value is -1.36. The normalized spacial score (nSPS) is 12.6. The lowest BCUT2D eigenvalue weighted by atomic mass is 10.2. The summed E-state index contributed by atoms with van der Waals surface area (Å²) in [5, 5.41) is 4.28. The number of aromatic nitrogens is 2. The number of hydrazine groups is 1. The quantitative estimate of drug-likeness (QED) is 0.407. The minimum atomic E-state index is -0.368. The molecule has 78 valence electrons. The van der Waals surface area contributed by atoms with Crippen LogP contribution in [0.25, 0.3) is 0 Å². The van der Waals surface area contributed by atoms with Gasteiger partial charge in [-0.15, -0.1) is 0 Å². The first-order valence-corrected chi connectivity index (χ1v) is 4.51. The third-order valence-corrected chi connectivity index (χ3v) is 2.58. The fraction of sp³-hybridized carbons (Fsp3) is 0.556. The van der Waals surface area contributed by atoms with Gasteiger partial charge in [0, 0.05) is 5.69 Å². The highest BCUT2D eigenvalue weighted by atomic mass is 16.2. The van der Waals surface area contributed by atoms with Gasteiger partial charge in [0.1, 0.15) is 6.04 Å². The first kappa shape index (κ1) is 10.7. The van der Waals surface area contributed by atoms with E-state index in [0.29, 0.717) is 0 Å². The molecule has 0 aliphatic carbocycles. The third-order valence-electron chi connectivity index (χ3n) is 2.58. The van der Waals surface area contributed by atoms with Crippen LogP contribution >= 0.6 is 0 Å². The molecule has 0 aliphatic rings. The zero-order chi connectivity index (χ0) is 10.9. The van der Waals surface area contributed by atoms with Crippen LogP contribution in [0.3, 0.4) is 0 Å². The fourth-order valence-corrected chi connectivity index (χ4v) is 1.35. The van der Waals surface area contributed by atoms with E-state index in [0.717, 1.165) is 17.0 Å². The SMILES string of the molecule is Cc1nn([C@@H](C)C(=O)NN)c(C)c1C. The summed E-state index contributed by atoms with van der Waals surface area (Å²) in [6, 6.07) is -0.368. The van der Waals surface area contributed by atoms with Gasteiger partial charge in [0.05, 0.1) is 5.69 Å². The molecule has 1 aromatic heterocycles. The zero-order valence-electron chi connectivity index (χ0n) is 8.96. The molecule has 0 spiro atoms. The standard InChI is InChI=1S/C9H16N4O/c1-5-6(2)12-13(7(5)3)8(4)9(14)11-10/h8H,10H2,1-4H3,(H,11,14)/t8-/m0/s1. The molecule has 3 N–H and O–H groups in total.